The molecule has 27 heavy (non-hydrogen) atoms. The summed E-state index contributed by atoms with van der Waals surface area (Å²) in [5.41, 5.74) is 0.402. The molecule has 0 radical (unpaired) electrons. The van der Waals surface area contributed by atoms with Crippen LogP contribution >= 0.6 is 22.9 Å². The molecule has 0 atom stereocenters. The summed E-state index contributed by atoms with van der Waals surface area (Å²) in [6, 6.07) is 14.8. The fraction of sp³-hybridized carbons (Fsp3) is 0.150. The van der Waals surface area contributed by atoms with E-state index in [9.17, 15) is 9.59 Å². The summed E-state index contributed by atoms with van der Waals surface area (Å²) in [6.07, 6.45) is 0. The second-order valence-electron chi connectivity index (χ2n) is 6.09. The van der Waals surface area contributed by atoms with E-state index in [1.807, 2.05) is 37.3 Å². The molecule has 4 aromatic rings. The Morgan fingerprint density at radius 1 is 1.15 bits per heavy atom. The summed E-state index contributed by atoms with van der Waals surface area (Å²) in [7, 11) is 0. The third kappa shape index (κ3) is 3.22. The fourth-order valence-corrected chi connectivity index (χ4v) is 4.49. The summed E-state index contributed by atoms with van der Waals surface area (Å²) in [6.45, 7) is 2.57. The van der Waals surface area contributed by atoms with E-state index in [4.69, 9.17) is 11.6 Å². The molecule has 0 aliphatic heterocycles. The second-order valence-corrected chi connectivity index (χ2v) is 7.52. The van der Waals surface area contributed by atoms with Gasteiger partial charge in [-0.3, -0.25) is 9.59 Å². The molecule has 0 unspecified atom stereocenters. The molecule has 2 aromatic heterocycles. The minimum absolute atomic E-state index is 0.167. The number of carbonyl (C=O) groups excluding carboxylic acids is 1. The van der Waals surface area contributed by atoms with Gasteiger partial charge in [0, 0.05) is 16.6 Å². The SMILES string of the molecule is CCN(Cc1nc2ccccc2c(=O)[nH]1)C(=O)c1sc2ccccc2c1Cl. The lowest BCUT2D eigenvalue weighted by molar-refractivity contribution is 0.0753. The number of halogens is 1. The first-order valence-electron chi connectivity index (χ1n) is 8.52. The molecule has 5 nitrogen and oxygen atoms in total. The van der Waals surface area contributed by atoms with Gasteiger partial charge in [0.1, 0.15) is 10.7 Å². The van der Waals surface area contributed by atoms with Gasteiger partial charge in [0.15, 0.2) is 0 Å². The molecule has 4 rings (SSSR count). The molecule has 0 aliphatic rings. The maximum Gasteiger partial charge on any atom is 0.265 e. The van der Waals surface area contributed by atoms with Gasteiger partial charge >= 0.3 is 0 Å². The molecular formula is C20H16ClN3O2S. The number of benzene rings is 2. The fourth-order valence-electron chi connectivity index (χ4n) is 3.01. The summed E-state index contributed by atoms with van der Waals surface area (Å²) in [4.78, 5) is 34.7. The first-order chi connectivity index (χ1) is 13.1. The van der Waals surface area contributed by atoms with E-state index in [-0.39, 0.29) is 18.0 Å². The number of fused-ring (bicyclic) bond motifs is 2. The van der Waals surface area contributed by atoms with Gasteiger partial charge in [0.05, 0.1) is 22.5 Å². The van der Waals surface area contributed by atoms with Gasteiger partial charge < -0.3 is 9.88 Å². The third-order valence-corrected chi connectivity index (χ3v) is 6.06. The van der Waals surface area contributed by atoms with Crippen LogP contribution in [-0.4, -0.2) is 27.3 Å². The van der Waals surface area contributed by atoms with Gasteiger partial charge in [-0.2, -0.15) is 0 Å². The van der Waals surface area contributed by atoms with Gasteiger partial charge in [-0.05, 0) is 25.1 Å². The van der Waals surface area contributed by atoms with Gasteiger partial charge in [-0.15, -0.1) is 11.3 Å². The van der Waals surface area contributed by atoms with E-state index in [0.717, 1.165) is 10.1 Å². The average molecular weight is 398 g/mol. The molecule has 2 aromatic carbocycles. The quantitative estimate of drug-likeness (QED) is 0.553. The number of aromatic amines is 1. The Kier molecular flexibility index (Phi) is 4.68. The van der Waals surface area contributed by atoms with Crippen LogP contribution in [0.3, 0.4) is 0 Å². The van der Waals surface area contributed by atoms with Gasteiger partial charge in [-0.1, -0.05) is 41.9 Å². The first kappa shape index (κ1) is 17.7. The monoisotopic (exact) mass is 397 g/mol. The number of para-hydroxylation sites is 1. The van der Waals surface area contributed by atoms with E-state index in [0.29, 0.717) is 33.2 Å². The highest BCUT2D eigenvalue weighted by molar-refractivity contribution is 7.21. The lowest BCUT2D eigenvalue weighted by atomic mass is 10.2. The predicted molar refractivity (Wildman–Crippen MR) is 110 cm³/mol. The molecule has 136 valence electrons. The zero-order chi connectivity index (χ0) is 19.0. The van der Waals surface area contributed by atoms with Crippen LogP contribution in [0.1, 0.15) is 22.4 Å². The average Bonchev–Trinajstić information content (AvgIpc) is 3.02. The summed E-state index contributed by atoms with van der Waals surface area (Å²) < 4.78 is 0.971. The van der Waals surface area contributed by atoms with Crippen molar-refractivity contribution in [2.24, 2.45) is 0 Å². The van der Waals surface area contributed by atoms with E-state index in [1.54, 1.807) is 23.1 Å². The molecule has 0 aliphatic carbocycles. The number of nitrogens with one attached hydrogen (secondary N) is 1. The Labute approximate surface area is 164 Å². The molecule has 2 heterocycles. The number of hydrogen-bond donors (Lipinski definition) is 1. The van der Waals surface area contributed by atoms with E-state index >= 15 is 0 Å². The van der Waals surface area contributed by atoms with Crippen molar-refractivity contribution < 1.29 is 4.79 Å². The van der Waals surface area contributed by atoms with Crippen LogP contribution in [0, 0.1) is 0 Å². The van der Waals surface area contributed by atoms with E-state index < -0.39 is 0 Å². The number of rotatable bonds is 4. The highest BCUT2D eigenvalue weighted by atomic mass is 35.5. The van der Waals surface area contributed by atoms with Gasteiger partial charge in [0.2, 0.25) is 0 Å². The Bertz CT molecular complexity index is 1210. The molecule has 0 bridgehead atoms. The Morgan fingerprint density at radius 2 is 1.85 bits per heavy atom. The maximum absolute atomic E-state index is 13.1. The highest BCUT2D eigenvalue weighted by Gasteiger charge is 2.22. The lowest BCUT2D eigenvalue weighted by Gasteiger charge is -2.20. The zero-order valence-electron chi connectivity index (χ0n) is 14.5. The number of H-pyrrole nitrogens is 1. The van der Waals surface area contributed by atoms with Gasteiger partial charge in [0.25, 0.3) is 11.5 Å². The molecular weight excluding hydrogens is 382 g/mol. The summed E-state index contributed by atoms with van der Waals surface area (Å²) in [5.74, 6) is 0.283. The van der Waals surface area contributed by atoms with Crippen LogP contribution in [0.25, 0.3) is 21.0 Å². The minimum atomic E-state index is -0.209. The van der Waals surface area contributed by atoms with E-state index in [1.165, 1.54) is 11.3 Å². The summed E-state index contributed by atoms with van der Waals surface area (Å²) >= 11 is 7.83. The maximum atomic E-state index is 13.1. The number of nitrogens with zero attached hydrogens (tertiary/aromatic N) is 2. The number of carbonyl (C=O) groups is 1. The standard InChI is InChI=1S/C20H16ClN3O2S/c1-2-24(11-16-22-14-9-5-3-7-12(14)19(25)23-16)20(26)18-17(21)13-8-4-6-10-15(13)27-18/h3-10H,2,11H2,1H3,(H,22,23,25). The van der Waals surface area contributed by atoms with Crippen LogP contribution in [0.15, 0.2) is 53.3 Å². The van der Waals surface area contributed by atoms with Crippen molar-refractivity contribution in [2.75, 3.05) is 6.54 Å². The molecule has 0 saturated heterocycles. The smallest absolute Gasteiger partial charge is 0.265 e. The third-order valence-electron chi connectivity index (χ3n) is 4.40. The largest absolute Gasteiger partial charge is 0.331 e. The Balaban J connectivity index is 1.68. The molecule has 0 spiro atoms. The van der Waals surface area contributed by atoms with Crippen molar-refractivity contribution in [3.63, 3.8) is 0 Å². The predicted octanol–water partition coefficient (Wildman–Crippen LogP) is 4.45. The first-order valence-corrected chi connectivity index (χ1v) is 9.72. The van der Waals surface area contributed by atoms with Crippen molar-refractivity contribution in [2.45, 2.75) is 13.5 Å². The summed E-state index contributed by atoms with van der Waals surface area (Å²) in [5, 5.41) is 1.88. The van der Waals surface area contributed by atoms with Gasteiger partial charge in [-0.25, -0.2) is 4.98 Å². The highest BCUT2D eigenvalue weighted by Crippen LogP contribution is 2.36. The van der Waals surface area contributed by atoms with Crippen molar-refractivity contribution >= 4 is 49.8 Å². The van der Waals surface area contributed by atoms with Crippen LogP contribution in [0.2, 0.25) is 5.02 Å². The minimum Gasteiger partial charge on any atom is -0.331 e. The van der Waals surface area contributed by atoms with E-state index in [2.05, 4.69) is 9.97 Å². The van der Waals surface area contributed by atoms with Crippen molar-refractivity contribution in [3.05, 3.63) is 74.6 Å². The van der Waals surface area contributed by atoms with Crippen molar-refractivity contribution in [1.82, 2.24) is 14.9 Å². The molecule has 0 saturated carbocycles. The Morgan fingerprint density at radius 3 is 2.59 bits per heavy atom. The molecule has 1 N–H and O–H groups in total. The van der Waals surface area contributed by atoms with Crippen LogP contribution < -0.4 is 5.56 Å². The van der Waals surface area contributed by atoms with Crippen molar-refractivity contribution in [3.8, 4) is 0 Å². The van der Waals surface area contributed by atoms with Crippen molar-refractivity contribution in [1.29, 1.82) is 0 Å². The number of aromatic nitrogens is 2. The molecule has 0 fully saturated rings. The normalized spacial score (nSPS) is 11.2. The number of amides is 1. The topological polar surface area (TPSA) is 66.1 Å². The second kappa shape index (κ2) is 7.13. The number of hydrogen-bond acceptors (Lipinski definition) is 4. The number of thiophene rings is 1. The lowest BCUT2D eigenvalue weighted by Crippen LogP contribution is -2.31. The van der Waals surface area contributed by atoms with Crippen LogP contribution in [0.4, 0.5) is 0 Å². The molecule has 1 amide bonds. The zero-order valence-corrected chi connectivity index (χ0v) is 16.1. The van der Waals surface area contributed by atoms with Crippen LogP contribution in [0.5, 0.6) is 0 Å². The molecule has 7 heteroatoms. The Hall–Kier alpha value is -2.70. The van der Waals surface area contributed by atoms with Crippen LogP contribution in [-0.2, 0) is 6.54 Å².